The van der Waals surface area contributed by atoms with Crippen LogP contribution >= 0.6 is 24.0 Å². The largest absolute Gasteiger partial charge is 0.356 e. The third kappa shape index (κ3) is 5.17. The SMILES string of the molecule is CN=C(NCCc1ccccn1)NCCn1c(C)nc2ccccc21.I. The number of fused-ring (bicyclic) bond motifs is 1. The van der Waals surface area contributed by atoms with Gasteiger partial charge >= 0.3 is 0 Å². The minimum atomic E-state index is 0. The number of halogens is 1. The highest BCUT2D eigenvalue weighted by Crippen LogP contribution is 2.14. The Morgan fingerprint density at radius 2 is 1.85 bits per heavy atom. The number of aliphatic imine (C=N–C) groups is 1. The van der Waals surface area contributed by atoms with E-state index in [1.165, 1.54) is 5.52 Å². The predicted octanol–water partition coefficient (Wildman–Crippen LogP) is 2.77. The van der Waals surface area contributed by atoms with Gasteiger partial charge in [0.15, 0.2) is 5.96 Å². The van der Waals surface area contributed by atoms with Crippen LogP contribution in [0.3, 0.4) is 0 Å². The monoisotopic (exact) mass is 464 g/mol. The van der Waals surface area contributed by atoms with E-state index in [1.807, 2.05) is 49.5 Å². The molecule has 0 saturated carbocycles. The molecule has 0 fully saturated rings. The molecule has 7 heteroatoms. The normalized spacial score (nSPS) is 11.2. The second-order valence-electron chi connectivity index (χ2n) is 5.80. The summed E-state index contributed by atoms with van der Waals surface area (Å²) in [6.07, 6.45) is 2.69. The van der Waals surface area contributed by atoms with Crippen LogP contribution in [0, 0.1) is 6.92 Å². The van der Waals surface area contributed by atoms with Crippen LogP contribution in [0.5, 0.6) is 0 Å². The summed E-state index contributed by atoms with van der Waals surface area (Å²) in [5.74, 6) is 1.83. The fourth-order valence-corrected chi connectivity index (χ4v) is 2.84. The summed E-state index contributed by atoms with van der Waals surface area (Å²) >= 11 is 0. The lowest BCUT2D eigenvalue weighted by atomic mass is 10.3. The number of rotatable bonds is 6. The van der Waals surface area contributed by atoms with Gasteiger partial charge in [0.05, 0.1) is 11.0 Å². The van der Waals surface area contributed by atoms with Crippen LogP contribution < -0.4 is 10.6 Å². The Kier molecular flexibility index (Phi) is 7.83. The number of para-hydroxylation sites is 2. The standard InChI is InChI=1S/C19H24N6.HI/c1-15-24-17-8-3-4-9-18(17)25(15)14-13-23-19(20-2)22-12-10-16-7-5-6-11-21-16;/h3-9,11H,10,12-14H2,1-2H3,(H2,20,22,23);1H. The molecule has 3 rings (SSSR count). The summed E-state index contributed by atoms with van der Waals surface area (Å²) in [6, 6.07) is 14.2. The fraction of sp³-hybridized carbons (Fsp3) is 0.316. The van der Waals surface area contributed by atoms with Gasteiger partial charge < -0.3 is 15.2 Å². The number of hydrogen-bond donors (Lipinski definition) is 2. The maximum absolute atomic E-state index is 4.60. The van der Waals surface area contributed by atoms with Crippen LogP contribution in [0.15, 0.2) is 53.7 Å². The molecule has 26 heavy (non-hydrogen) atoms. The number of hydrogen-bond acceptors (Lipinski definition) is 3. The summed E-state index contributed by atoms with van der Waals surface area (Å²) < 4.78 is 2.23. The summed E-state index contributed by atoms with van der Waals surface area (Å²) in [7, 11) is 1.79. The Labute approximate surface area is 171 Å². The number of benzene rings is 1. The third-order valence-electron chi connectivity index (χ3n) is 4.10. The number of imidazole rings is 1. The molecule has 0 aliphatic heterocycles. The smallest absolute Gasteiger partial charge is 0.191 e. The maximum Gasteiger partial charge on any atom is 0.191 e. The lowest BCUT2D eigenvalue weighted by Crippen LogP contribution is -2.39. The molecule has 0 bridgehead atoms. The Morgan fingerprint density at radius 3 is 2.62 bits per heavy atom. The number of pyridine rings is 1. The number of aromatic nitrogens is 3. The maximum atomic E-state index is 4.60. The molecule has 0 spiro atoms. The molecule has 0 unspecified atom stereocenters. The average molecular weight is 464 g/mol. The van der Waals surface area contributed by atoms with Gasteiger partial charge in [0, 0.05) is 45.0 Å². The molecule has 6 nitrogen and oxygen atoms in total. The topological polar surface area (TPSA) is 67.1 Å². The van der Waals surface area contributed by atoms with Crippen LogP contribution in [0.1, 0.15) is 11.5 Å². The Morgan fingerprint density at radius 1 is 1.08 bits per heavy atom. The van der Waals surface area contributed by atoms with Gasteiger partial charge in [-0.05, 0) is 31.2 Å². The summed E-state index contributed by atoms with van der Waals surface area (Å²) in [6.45, 7) is 4.46. The summed E-state index contributed by atoms with van der Waals surface area (Å²) in [5, 5.41) is 6.68. The zero-order valence-electron chi connectivity index (χ0n) is 15.1. The number of guanidine groups is 1. The molecular formula is C19H25IN6. The Bertz CT molecular complexity index is 844. The molecule has 2 heterocycles. The van der Waals surface area contributed by atoms with Crippen molar-refractivity contribution in [3.05, 3.63) is 60.2 Å². The molecular weight excluding hydrogens is 439 g/mol. The first-order chi connectivity index (χ1) is 12.3. The van der Waals surface area contributed by atoms with Crippen LogP contribution in [0.2, 0.25) is 0 Å². The molecule has 0 saturated heterocycles. The van der Waals surface area contributed by atoms with Crippen LogP contribution in [0.25, 0.3) is 11.0 Å². The van der Waals surface area contributed by atoms with Crippen molar-refractivity contribution in [2.45, 2.75) is 19.9 Å². The number of nitrogens with zero attached hydrogens (tertiary/aromatic N) is 4. The molecule has 0 atom stereocenters. The van der Waals surface area contributed by atoms with Gasteiger partial charge in [0.25, 0.3) is 0 Å². The molecule has 0 aliphatic rings. The van der Waals surface area contributed by atoms with E-state index < -0.39 is 0 Å². The van der Waals surface area contributed by atoms with E-state index in [0.717, 1.165) is 49.0 Å². The zero-order valence-corrected chi connectivity index (χ0v) is 17.5. The first kappa shape index (κ1) is 20.2. The van der Waals surface area contributed by atoms with Crippen LogP contribution in [-0.4, -0.2) is 40.6 Å². The predicted molar refractivity (Wildman–Crippen MR) is 117 cm³/mol. The fourth-order valence-electron chi connectivity index (χ4n) is 2.84. The molecule has 138 valence electrons. The highest BCUT2D eigenvalue weighted by molar-refractivity contribution is 14.0. The van der Waals surface area contributed by atoms with Gasteiger partial charge in [-0.2, -0.15) is 0 Å². The van der Waals surface area contributed by atoms with E-state index in [4.69, 9.17) is 0 Å². The quantitative estimate of drug-likeness (QED) is 0.335. The molecule has 2 N–H and O–H groups in total. The van der Waals surface area contributed by atoms with E-state index in [-0.39, 0.29) is 24.0 Å². The van der Waals surface area contributed by atoms with E-state index in [1.54, 1.807) is 7.05 Å². The van der Waals surface area contributed by atoms with Crippen LogP contribution in [-0.2, 0) is 13.0 Å². The van der Waals surface area contributed by atoms with Gasteiger partial charge in [0.2, 0.25) is 0 Å². The van der Waals surface area contributed by atoms with Gasteiger partial charge in [-0.1, -0.05) is 18.2 Å². The van der Waals surface area contributed by atoms with Crippen molar-refractivity contribution in [1.82, 2.24) is 25.2 Å². The molecule has 0 radical (unpaired) electrons. The molecule has 0 amide bonds. The molecule has 3 aromatic rings. The van der Waals surface area contributed by atoms with Gasteiger partial charge in [0.1, 0.15) is 5.82 Å². The van der Waals surface area contributed by atoms with E-state index >= 15 is 0 Å². The molecule has 2 aromatic heterocycles. The van der Waals surface area contributed by atoms with Crippen molar-refractivity contribution in [1.29, 1.82) is 0 Å². The van der Waals surface area contributed by atoms with Crippen molar-refractivity contribution in [3.8, 4) is 0 Å². The lowest BCUT2D eigenvalue weighted by molar-refractivity contribution is 0.659. The Hall–Kier alpha value is -2.16. The van der Waals surface area contributed by atoms with Gasteiger partial charge in [-0.3, -0.25) is 9.98 Å². The van der Waals surface area contributed by atoms with Gasteiger partial charge in [-0.25, -0.2) is 4.98 Å². The van der Waals surface area contributed by atoms with Crippen molar-refractivity contribution in [3.63, 3.8) is 0 Å². The first-order valence-electron chi connectivity index (χ1n) is 8.54. The minimum Gasteiger partial charge on any atom is -0.356 e. The number of nitrogens with one attached hydrogen (secondary N) is 2. The van der Waals surface area contributed by atoms with Crippen LogP contribution in [0.4, 0.5) is 0 Å². The average Bonchev–Trinajstić information content (AvgIpc) is 2.97. The van der Waals surface area contributed by atoms with E-state index in [0.29, 0.717) is 0 Å². The van der Waals surface area contributed by atoms with Crippen molar-refractivity contribution >= 4 is 41.0 Å². The van der Waals surface area contributed by atoms with E-state index in [2.05, 4.69) is 36.2 Å². The van der Waals surface area contributed by atoms with Gasteiger partial charge in [-0.15, -0.1) is 24.0 Å². The minimum absolute atomic E-state index is 0. The highest BCUT2D eigenvalue weighted by Gasteiger charge is 2.06. The second kappa shape index (κ2) is 10.1. The van der Waals surface area contributed by atoms with Crippen molar-refractivity contribution in [2.75, 3.05) is 20.1 Å². The zero-order chi connectivity index (χ0) is 17.5. The number of aryl methyl sites for hydroxylation is 1. The van der Waals surface area contributed by atoms with Crippen molar-refractivity contribution in [2.24, 2.45) is 4.99 Å². The van der Waals surface area contributed by atoms with Crippen molar-refractivity contribution < 1.29 is 0 Å². The first-order valence-corrected chi connectivity index (χ1v) is 8.54. The second-order valence-corrected chi connectivity index (χ2v) is 5.80. The third-order valence-corrected chi connectivity index (χ3v) is 4.10. The molecule has 0 aliphatic carbocycles. The summed E-state index contributed by atoms with van der Waals surface area (Å²) in [5.41, 5.74) is 3.28. The summed E-state index contributed by atoms with van der Waals surface area (Å²) in [4.78, 5) is 13.2. The highest BCUT2D eigenvalue weighted by atomic mass is 127. The Balaban J connectivity index is 0.00000243. The molecule has 1 aromatic carbocycles. The lowest BCUT2D eigenvalue weighted by Gasteiger charge is -2.13. The van der Waals surface area contributed by atoms with E-state index in [9.17, 15) is 0 Å².